The van der Waals surface area contributed by atoms with Crippen LogP contribution in [-0.2, 0) is 6.54 Å². The van der Waals surface area contributed by atoms with Crippen molar-refractivity contribution in [2.75, 3.05) is 37.3 Å². The van der Waals surface area contributed by atoms with E-state index in [1.807, 2.05) is 13.2 Å². The lowest BCUT2D eigenvalue weighted by molar-refractivity contribution is 0.725. The molecule has 1 atom stereocenters. The predicted octanol–water partition coefficient (Wildman–Crippen LogP) is 2.86. The first-order valence-electron chi connectivity index (χ1n) is 8.61. The van der Waals surface area contributed by atoms with Crippen LogP contribution in [0.2, 0.25) is 0 Å². The number of nitrogens with one attached hydrogen (secondary N) is 2. The molecule has 0 radical (unpaired) electrons. The first kappa shape index (κ1) is 19.6. The van der Waals surface area contributed by atoms with E-state index in [0.717, 1.165) is 43.2 Å². The third-order valence-electron chi connectivity index (χ3n) is 4.44. The van der Waals surface area contributed by atoms with E-state index in [0.29, 0.717) is 0 Å². The topological polar surface area (TPSA) is 52.6 Å². The van der Waals surface area contributed by atoms with Crippen molar-refractivity contribution < 1.29 is 0 Å². The molecule has 0 aliphatic carbocycles. The summed E-state index contributed by atoms with van der Waals surface area (Å²) in [6, 6.07) is 4.27. The first-order chi connectivity index (χ1) is 11.3. The Morgan fingerprint density at radius 1 is 1.33 bits per heavy atom. The number of guanidine groups is 1. The molecule has 3 rings (SSSR count). The number of anilines is 1. The second kappa shape index (κ2) is 10.3. The fourth-order valence-corrected chi connectivity index (χ4v) is 4.31. The van der Waals surface area contributed by atoms with Gasteiger partial charge in [-0.25, -0.2) is 4.98 Å². The van der Waals surface area contributed by atoms with E-state index < -0.39 is 0 Å². The van der Waals surface area contributed by atoms with Gasteiger partial charge in [0.05, 0.1) is 0 Å². The van der Waals surface area contributed by atoms with Gasteiger partial charge in [0, 0.05) is 44.7 Å². The zero-order valence-electron chi connectivity index (χ0n) is 14.3. The van der Waals surface area contributed by atoms with E-state index in [9.17, 15) is 0 Å². The van der Waals surface area contributed by atoms with Crippen LogP contribution in [0.1, 0.15) is 31.2 Å². The van der Waals surface area contributed by atoms with Crippen molar-refractivity contribution in [1.29, 1.82) is 0 Å². The van der Waals surface area contributed by atoms with Crippen LogP contribution < -0.4 is 15.5 Å². The quantitative estimate of drug-likeness (QED) is 0.401. The summed E-state index contributed by atoms with van der Waals surface area (Å²) in [5, 5.41) is 7.59. The maximum absolute atomic E-state index is 4.51. The number of aromatic nitrogens is 1. The van der Waals surface area contributed by atoms with Crippen LogP contribution in [-0.4, -0.2) is 48.6 Å². The van der Waals surface area contributed by atoms with Gasteiger partial charge in [0.1, 0.15) is 5.82 Å². The van der Waals surface area contributed by atoms with Crippen LogP contribution in [0.25, 0.3) is 0 Å². The standard InChI is InChI=1S/C17H27N5S.HI/c1-18-17(21-13-15-5-4-10-23-15)20-12-14-6-7-19-16(11-14)22-8-2-3-9-22;/h6-7,11,15H,2-5,8-10,12-13H2,1H3,(H2,18,20,21);1H. The lowest BCUT2D eigenvalue weighted by atomic mass is 10.2. The zero-order valence-corrected chi connectivity index (χ0v) is 17.5. The molecule has 1 aromatic heterocycles. The number of aliphatic imine (C=N–C) groups is 1. The SMILES string of the molecule is CN=C(NCc1ccnc(N2CCCC2)c1)NCC1CCCS1.I. The summed E-state index contributed by atoms with van der Waals surface area (Å²) in [4.78, 5) is 11.2. The van der Waals surface area contributed by atoms with Crippen LogP contribution in [0.5, 0.6) is 0 Å². The minimum Gasteiger partial charge on any atom is -0.357 e. The Bertz CT molecular complexity index is 527. The van der Waals surface area contributed by atoms with Crippen molar-refractivity contribution in [3.8, 4) is 0 Å². The van der Waals surface area contributed by atoms with Gasteiger partial charge in [0.25, 0.3) is 0 Å². The van der Waals surface area contributed by atoms with Gasteiger partial charge in [-0.2, -0.15) is 11.8 Å². The van der Waals surface area contributed by atoms with Gasteiger partial charge in [-0.3, -0.25) is 4.99 Å². The molecule has 0 aromatic carbocycles. The molecule has 5 nitrogen and oxygen atoms in total. The molecule has 0 saturated carbocycles. The number of thioether (sulfide) groups is 1. The second-order valence-corrected chi connectivity index (χ2v) is 7.57. The van der Waals surface area contributed by atoms with Crippen molar-refractivity contribution in [3.05, 3.63) is 23.9 Å². The Morgan fingerprint density at radius 2 is 2.17 bits per heavy atom. The third-order valence-corrected chi connectivity index (χ3v) is 5.84. The first-order valence-corrected chi connectivity index (χ1v) is 9.66. The van der Waals surface area contributed by atoms with E-state index in [1.165, 1.54) is 37.0 Å². The molecule has 0 amide bonds. The Kier molecular flexibility index (Phi) is 8.44. The Hall–Kier alpha value is -0.700. The fraction of sp³-hybridized carbons (Fsp3) is 0.647. The van der Waals surface area contributed by atoms with Crippen LogP contribution in [0.3, 0.4) is 0 Å². The Labute approximate surface area is 166 Å². The van der Waals surface area contributed by atoms with Gasteiger partial charge < -0.3 is 15.5 Å². The number of halogens is 1. The lowest BCUT2D eigenvalue weighted by Gasteiger charge is -2.18. The molecular weight excluding hydrogens is 433 g/mol. The summed E-state index contributed by atoms with van der Waals surface area (Å²) < 4.78 is 0. The highest BCUT2D eigenvalue weighted by molar-refractivity contribution is 14.0. The molecule has 2 fully saturated rings. The normalized spacial score (nSPS) is 20.8. The van der Waals surface area contributed by atoms with Crippen molar-refractivity contribution in [2.24, 2.45) is 4.99 Å². The minimum absolute atomic E-state index is 0. The molecule has 2 N–H and O–H groups in total. The minimum atomic E-state index is 0. The predicted molar refractivity (Wildman–Crippen MR) is 115 cm³/mol. The smallest absolute Gasteiger partial charge is 0.191 e. The van der Waals surface area contributed by atoms with Gasteiger partial charge >= 0.3 is 0 Å². The molecule has 2 aliphatic rings. The van der Waals surface area contributed by atoms with Crippen LogP contribution in [0.4, 0.5) is 5.82 Å². The Morgan fingerprint density at radius 3 is 2.88 bits per heavy atom. The van der Waals surface area contributed by atoms with E-state index in [2.05, 4.69) is 49.4 Å². The van der Waals surface area contributed by atoms with Crippen LogP contribution in [0.15, 0.2) is 23.3 Å². The number of hydrogen-bond acceptors (Lipinski definition) is 4. The van der Waals surface area contributed by atoms with E-state index in [4.69, 9.17) is 0 Å². The zero-order chi connectivity index (χ0) is 15.9. The number of nitrogens with zero attached hydrogens (tertiary/aromatic N) is 3. The summed E-state index contributed by atoms with van der Waals surface area (Å²) in [6.45, 7) is 4.04. The largest absolute Gasteiger partial charge is 0.357 e. The number of pyridine rings is 1. The van der Waals surface area contributed by atoms with Gasteiger partial charge in [-0.15, -0.1) is 24.0 Å². The molecule has 134 valence electrons. The van der Waals surface area contributed by atoms with E-state index in [1.54, 1.807) is 0 Å². The summed E-state index contributed by atoms with van der Waals surface area (Å²) in [7, 11) is 1.83. The molecule has 2 aliphatic heterocycles. The Balaban J connectivity index is 0.00000208. The molecule has 3 heterocycles. The van der Waals surface area contributed by atoms with Gasteiger partial charge in [-0.05, 0) is 49.1 Å². The summed E-state index contributed by atoms with van der Waals surface area (Å²) in [6.07, 6.45) is 7.13. The van der Waals surface area contributed by atoms with Crippen LogP contribution in [0, 0.1) is 0 Å². The molecular formula is C17H28IN5S. The average Bonchev–Trinajstić information content (AvgIpc) is 3.29. The fourth-order valence-electron chi connectivity index (χ4n) is 3.11. The third kappa shape index (κ3) is 5.68. The lowest BCUT2D eigenvalue weighted by Crippen LogP contribution is -2.39. The molecule has 2 saturated heterocycles. The monoisotopic (exact) mass is 461 g/mol. The summed E-state index contributed by atoms with van der Waals surface area (Å²) >= 11 is 2.07. The van der Waals surface area contributed by atoms with Crippen molar-refractivity contribution >= 4 is 47.5 Å². The van der Waals surface area contributed by atoms with Crippen LogP contribution >= 0.6 is 35.7 Å². The maximum Gasteiger partial charge on any atom is 0.191 e. The average molecular weight is 461 g/mol. The molecule has 7 heteroatoms. The maximum atomic E-state index is 4.51. The van der Waals surface area contributed by atoms with Gasteiger partial charge in [0.15, 0.2) is 5.96 Å². The molecule has 0 bridgehead atoms. The van der Waals surface area contributed by atoms with Crippen molar-refractivity contribution in [3.63, 3.8) is 0 Å². The summed E-state index contributed by atoms with van der Waals surface area (Å²) in [5.74, 6) is 3.29. The number of hydrogen-bond donors (Lipinski definition) is 2. The second-order valence-electron chi connectivity index (χ2n) is 6.16. The highest BCUT2D eigenvalue weighted by Crippen LogP contribution is 2.25. The van der Waals surface area contributed by atoms with Crippen molar-refractivity contribution in [2.45, 2.75) is 37.5 Å². The number of rotatable bonds is 5. The molecule has 1 aromatic rings. The molecule has 0 spiro atoms. The van der Waals surface area contributed by atoms with E-state index >= 15 is 0 Å². The molecule has 24 heavy (non-hydrogen) atoms. The summed E-state index contributed by atoms with van der Waals surface area (Å²) in [5.41, 5.74) is 1.25. The highest BCUT2D eigenvalue weighted by atomic mass is 127. The highest BCUT2D eigenvalue weighted by Gasteiger charge is 2.16. The van der Waals surface area contributed by atoms with Gasteiger partial charge in [0.2, 0.25) is 0 Å². The van der Waals surface area contributed by atoms with Crippen molar-refractivity contribution in [1.82, 2.24) is 15.6 Å². The van der Waals surface area contributed by atoms with E-state index in [-0.39, 0.29) is 24.0 Å². The van der Waals surface area contributed by atoms with Gasteiger partial charge in [-0.1, -0.05) is 0 Å². The molecule has 1 unspecified atom stereocenters.